The minimum absolute atomic E-state index is 0.0245. The minimum Gasteiger partial charge on any atom is -0.366 e. The molecule has 4 heterocycles. The first-order valence-corrected chi connectivity index (χ1v) is 12.5. The Hall–Kier alpha value is -2.36. The van der Waals surface area contributed by atoms with E-state index >= 15 is 0 Å². The van der Waals surface area contributed by atoms with Crippen LogP contribution < -0.4 is 5.32 Å². The fourth-order valence-corrected chi connectivity index (χ4v) is 6.32. The fraction of sp³-hybridized carbons (Fsp3) is 0.522. The van der Waals surface area contributed by atoms with Crippen molar-refractivity contribution in [3.63, 3.8) is 0 Å². The van der Waals surface area contributed by atoms with Crippen molar-refractivity contribution < 1.29 is 19.1 Å². The number of likely N-dealkylation sites (tertiary alicyclic amines) is 1. The van der Waals surface area contributed by atoms with Crippen LogP contribution in [0.4, 0.5) is 0 Å². The Labute approximate surface area is 200 Å². The Morgan fingerprint density at radius 1 is 1.27 bits per heavy atom. The summed E-state index contributed by atoms with van der Waals surface area (Å²) in [5, 5.41) is 2.56. The van der Waals surface area contributed by atoms with Gasteiger partial charge in [-0.15, -0.1) is 22.9 Å². The number of carbonyl (C=O) groups excluding carboxylic acids is 3. The largest absolute Gasteiger partial charge is 0.366 e. The molecular formula is C23H25ClN4O4S. The molecule has 1 aliphatic carbocycles. The number of rotatable bonds is 5. The van der Waals surface area contributed by atoms with Crippen LogP contribution in [-0.4, -0.2) is 69.2 Å². The number of thiophene rings is 1. The second-order valence-electron chi connectivity index (χ2n) is 8.84. The highest BCUT2D eigenvalue weighted by atomic mass is 35.5. The number of nitrogens with zero attached hydrogens (tertiary/aromatic N) is 3. The summed E-state index contributed by atoms with van der Waals surface area (Å²) in [6, 6.07) is 4.06. The van der Waals surface area contributed by atoms with Crippen molar-refractivity contribution >= 4 is 40.5 Å². The third-order valence-electron chi connectivity index (χ3n) is 6.69. The third-order valence-corrected chi connectivity index (χ3v) is 8.18. The molecule has 1 saturated carbocycles. The average molecular weight is 489 g/mol. The van der Waals surface area contributed by atoms with E-state index in [2.05, 4.69) is 15.3 Å². The smallest absolute Gasteiger partial charge is 0.262 e. The number of carbonyl (C=O) groups is 3. The maximum absolute atomic E-state index is 13.6. The first-order chi connectivity index (χ1) is 15.9. The number of ether oxygens (including phenoxy) is 1. The molecule has 4 atom stereocenters. The van der Waals surface area contributed by atoms with Gasteiger partial charge in [0.25, 0.3) is 5.91 Å². The van der Waals surface area contributed by atoms with E-state index in [9.17, 15) is 14.4 Å². The Morgan fingerprint density at radius 2 is 2.06 bits per heavy atom. The number of halogens is 1. The number of fused-ring (bicyclic) bond motifs is 1. The van der Waals surface area contributed by atoms with Crippen LogP contribution in [-0.2, 0) is 14.3 Å². The number of aromatic nitrogens is 2. The molecule has 3 aliphatic rings. The molecule has 0 aromatic carbocycles. The van der Waals surface area contributed by atoms with Crippen LogP contribution in [0.5, 0.6) is 0 Å². The molecule has 0 spiro atoms. The molecule has 0 radical (unpaired) electrons. The van der Waals surface area contributed by atoms with Crippen molar-refractivity contribution in [2.45, 2.75) is 56.2 Å². The van der Waals surface area contributed by atoms with Crippen LogP contribution in [0.2, 0.25) is 0 Å². The summed E-state index contributed by atoms with van der Waals surface area (Å²) in [5.41, 5.74) is 0.756. The van der Waals surface area contributed by atoms with Crippen LogP contribution in [0.25, 0.3) is 10.6 Å². The van der Waals surface area contributed by atoms with Crippen molar-refractivity contribution in [2.24, 2.45) is 5.92 Å². The molecule has 2 aliphatic heterocycles. The molecule has 0 unspecified atom stereocenters. The van der Waals surface area contributed by atoms with Gasteiger partial charge in [0.15, 0.2) is 5.78 Å². The van der Waals surface area contributed by atoms with Crippen molar-refractivity contribution in [1.82, 2.24) is 20.2 Å². The van der Waals surface area contributed by atoms with Gasteiger partial charge in [-0.25, -0.2) is 9.97 Å². The third kappa shape index (κ3) is 4.29. The molecular weight excluding hydrogens is 464 g/mol. The van der Waals surface area contributed by atoms with Gasteiger partial charge in [0, 0.05) is 12.7 Å². The van der Waals surface area contributed by atoms with Crippen LogP contribution in [0, 0.1) is 12.8 Å². The highest BCUT2D eigenvalue weighted by Gasteiger charge is 2.53. The number of nitrogens with one attached hydrogen (secondary N) is 1. The lowest BCUT2D eigenvalue weighted by molar-refractivity contribution is -0.139. The Morgan fingerprint density at radius 3 is 2.82 bits per heavy atom. The number of hydrogen-bond acceptors (Lipinski definition) is 7. The van der Waals surface area contributed by atoms with Crippen molar-refractivity contribution in [3.05, 3.63) is 35.1 Å². The molecule has 33 heavy (non-hydrogen) atoms. The van der Waals surface area contributed by atoms with Gasteiger partial charge in [-0.1, -0.05) is 12.8 Å². The van der Waals surface area contributed by atoms with Gasteiger partial charge in [-0.3, -0.25) is 14.4 Å². The summed E-state index contributed by atoms with van der Waals surface area (Å²) in [7, 11) is 0. The second-order valence-corrected chi connectivity index (χ2v) is 10.5. The van der Waals surface area contributed by atoms with Crippen molar-refractivity contribution in [2.75, 3.05) is 13.2 Å². The van der Waals surface area contributed by atoms with Crippen LogP contribution >= 0.6 is 22.9 Å². The lowest BCUT2D eigenvalue weighted by atomic mass is 9.96. The Balaban J connectivity index is 1.36. The highest BCUT2D eigenvalue weighted by Crippen LogP contribution is 2.35. The van der Waals surface area contributed by atoms with E-state index in [1.807, 2.05) is 13.0 Å². The van der Waals surface area contributed by atoms with E-state index in [1.165, 1.54) is 16.2 Å². The molecule has 174 valence electrons. The summed E-state index contributed by atoms with van der Waals surface area (Å²) in [6.45, 7) is 2.04. The quantitative estimate of drug-likeness (QED) is 0.649. The molecule has 10 heteroatoms. The SMILES string of the molecule is Cc1nccc(-c2ccc(C(=O)N[C@H](C(=O)N3C[C@H](Cl)[C@H]4OCC(=O)[C@H]43)C3CCCC3)s2)n1. The topological polar surface area (TPSA) is 101 Å². The highest BCUT2D eigenvalue weighted by molar-refractivity contribution is 7.17. The number of Topliss-reactive ketones (excluding diaryl/α,β-unsaturated/α-hetero) is 1. The maximum Gasteiger partial charge on any atom is 0.262 e. The van der Waals surface area contributed by atoms with Crippen LogP contribution in [0.15, 0.2) is 24.4 Å². The van der Waals surface area contributed by atoms with Gasteiger partial charge >= 0.3 is 0 Å². The predicted molar refractivity (Wildman–Crippen MR) is 123 cm³/mol. The first-order valence-electron chi connectivity index (χ1n) is 11.2. The van der Waals surface area contributed by atoms with Gasteiger partial charge in [-0.05, 0) is 43.9 Å². The zero-order valence-electron chi connectivity index (χ0n) is 18.2. The molecule has 2 aromatic heterocycles. The number of aryl methyl sites for hydroxylation is 1. The Kier molecular flexibility index (Phi) is 6.20. The lowest BCUT2D eigenvalue weighted by Crippen LogP contribution is -2.54. The van der Waals surface area contributed by atoms with Gasteiger partial charge in [0.05, 0.1) is 20.8 Å². The second kappa shape index (κ2) is 9.12. The monoisotopic (exact) mass is 488 g/mol. The lowest BCUT2D eigenvalue weighted by Gasteiger charge is -2.30. The van der Waals surface area contributed by atoms with Gasteiger partial charge in [0.2, 0.25) is 5.91 Å². The van der Waals surface area contributed by atoms with E-state index in [1.54, 1.807) is 18.3 Å². The van der Waals surface area contributed by atoms with E-state index in [0.717, 1.165) is 36.3 Å². The van der Waals surface area contributed by atoms with Crippen LogP contribution in [0.1, 0.15) is 41.2 Å². The standard InChI is InChI=1S/C23H25ClN4O4S/c1-12-25-9-8-15(26-12)17-6-7-18(33-17)22(30)27-19(13-4-2-3-5-13)23(31)28-10-14(24)21-20(28)16(29)11-32-21/h6-9,13-14,19-21H,2-5,10-11H2,1H3,(H,27,30)/t14-,19-,20+,21+/m0/s1. The molecule has 0 bridgehead atoms. The molecule has 2 aromatic rings. The summed E-state index contributed by atoms with van der Waals surface area (Å²) < 4.78 is 5.52. The number of hydrogen-bond donors (Lipinski definition) is 1. The van der Waals surface area contributed by atoms with Crippen molar-refractivity contribution in [3.8, 4) is 10.6 Å². The fourth-order valence-electron chi connectivity index (χ4n) is 5.08. The van der Waals surface area contributed by atoms with Gasteiger partial charge in [0.1, 0.15) is 30.6 Å². The molecule has 3 fully saturated rings. The van der Waals surface area contributed by atoms with E-state index in [4.69, 9.17) is 16.3 Å². The number of amides is 2. The molecule has 8 nitrogen and oxygen atoms in total. The average Bonchev–Trinajstić information content (AvgIpc) is 3.59. The summed E-state index contributed by atoms with van der Waals surface area (Å²) in [4.78, 5) is 50.6. The molecule has 5 rings (SSSR count). The number of ketones is 1. The summed E-state index contributed by atoms with van der Waals surface area (Å²) in [6.07, 6.45) is 4.98. The van der Waals surface area contributed by atoms with E-state index < -0.39 is 23.6 Å². The van der Waals surface area contributed by atoms with Crippen LogP contribution in [0.3, 0.4) is 0 Å². The maximum atomic E-state index is 13.6. The molecule has 1 N–H and O–H groups in total. The molecule has 2 amide bonds. The zero-order valence-corrected chi connectivity index (χ0v) is 19.8. The van der Waals surface area contributed by atoms with E-state index in [0.29, 0.717) is 10.7 Å². The van der Waals surface area contributed by atoms with Crippen molar-refractivity contribution in [1.29, 1.82) is 0 Å². The Bertz CT molecular complexity index is 1090. The normalized spacial score (nSPS) is 25.9. The molecule has 2 saturated heterocycles. The summed E-state index contributed by atoms with van der Waals surface area (Å²) >= 11 is 7.71. The predicted octanol–water partition coefficient (Wildman–Crippen LogP) is 2.59. The van der Waals surface area contributed by atoms with Gasteiger partial charge < -0.3 is 15.0 Å². The number of alkyl halides is 1. The van der Waals surface area contributed by atoms with E-state index in [-0.39, 0.29) is 36.7 Å². The first kappa shape index (κ1) is 22.4. The van der Waals surface area contributed by atoms with Gasteiger partial charge in [-0.2, -0.15) is 0 Å². The zero-order chi connectivity index (χ0) is 23.1. The summed E-state index contributed by atoms with van der Waals surface area (Å²) in [5.74, 6) is 0.0299. The minimum atomic E-state index is -0.692.